The molecule has 2 aromatic carbocycles. The van der Waals surface area contributed by atoms with Gasteiger partial charge in [0, 0.05) is 36.8 Å². The van der Waals surface area contributed by atoms with Crippen molar-refractivity contribution in [2.24, 2.45) is 5.92 Å². The number of hydrogen-bond donors (Lipinski definition) is 2. The molecule has 6 nitrogen and oxygen atoms in total. The van der Waals surface area contributed by atoms with Gasteiger partial charge < -0.3 is 10.6 Å². The van der Waals surface area contributed by atoms with Crippen LogP contribution in [0.4, 0.5) is 9.18 Å². The Balaban J connectivity index is 1.20. The third kappa shape index (κ3) is 5.21. The summed E-state index contributed by atoms with van der Waals surface area (Å²) in [5.74, 6) is 0.384. The number of nitrogens with zero attached hydrogens (tertiary/aromatic N) is 3. The second-order valence-corrected chi connectivity index (χ2v) is 10.5. The molecular weight excluding hydrogens is 489 g/mol. The number of nitrogens with one attached hydrogen (secondary N) is 2. The van der Waals surface area contributed by atoms with Crippen LogP contribution < -0.4 is 10.6 Å². The van der Waals surface area contributed by atoms with Gasteiger partial charge in [0.1, 0.15) is 5.82 Å². The Hall–Kier alpha value is -4.26. The van der Waals surface area contributed by atoms with Gasteiger partial charge in [0.15, 0.2) is 0 Å². The van der Waals surface area contributed by atoms with Gasteiger partial charge >= 0.3 is 6.03 Å². The smallest absolute Gasteiger partial charge is 0.315 e. The van der Waals surface area contributed by atoms with Crippen molar-refractivity contribution in [3.05, 3.63) is 125 Å². The van der Waals surface area contributed by atoms with Crippen LogP contribution in [0.25, 0.3) is 5.69 Å². The number of amides is 2. The molecule has 3 atom stereocenters. The Morgan fingerprint density at radius 3 is 2.62 bits per heavy atom. The second-order valence-electron chi connectivity index (χ2n) is 10.5. The Kier molecular flexibility index (Phi) is 6.97. The quantitative estimate of drug-likeness (QED) is 0.276. The lowest BCUT2D eigenvalue weighted by molar-refractivity contribution is 0.234. The lowest BCUT2D eigenvalue weighted by Gasteiger charge is -2.30. The monoisotopic (exact) mass is 521 g/mol. The lowest BCUT2D eigenvalue weighted by Crippen LogP contribution is -2.38. The average Bonchev–Trinajstić information content (AvgIpc) is 3.58. The maximum Gasteiger partial charge on any atom is 0.315 e. The number of pyridine rings is 1. The highest BCUT2D eigenvalue weighted by molar-refractivity contribution is 5.74. The van der Waals surface area contributed by atoms with Crippen LogP contribution in [0.3, 0.4) is 0 Å². The minimum absolute atomic E-state index is 0.101. The fraction of sp³-hybridized carbons (Fsp3) is 0.281. The SMILES string of the molecule is C[C@@H]1C2=C(CC[C@@H]2CC(NC(=O)NCc2ccncc2)c2ccccc2)Cc2c1cnn2-c1ccc(F)cc1. The standard InChI is InChI=1S/C32H32FN5O/c1-21-28-20-36-38(27-11-9-26(33)10-12-27)30(28)18-25-8-7-24(31(21)25)17-29(23-5-3-2-4-6-23)37-32(39)35-19-22-13-15-34-16-14-22/h2-6,9-16,20-21,24,29H,7-8,17-19H2,1H3,(H2,35,37,39)/t21-,24+,29?/m0/s1. The van der Waals surface area contributed by atoms with Crippen molar-refractivity contribution in [3.63, 3.8) is 0 Å². The average molecular weight is 522 g/mol. The van der Waals surface area contributed by atoms with Gasteiger partial charge in [-0.3, -0.25) is 4.98 Å². The van der Waals surface area contributed by atoms with E-state index in [0.29, 0.717) is 12.5 Å². The molecule has 2 aliphatic rings. The van der Waals surface area contributed by atoms with E-state index in [1.165, 1.54) is 34.5 Å². The normalized spacial score (nSPS) is 18.8. The number of hydrogen-bond acceptors (Lipinski definition) is 3. The van der Waals surface area contributed by atoms with Gasteiger partial charge in [-0.15, -0.1) is 0 Å². The number of urea groups is 1. The summed E-state index contributed by atoms with van der Waals surface area (Å²) in [6.45, 7) is 2.72. The summed E-state index contributed by atoms with van der Waals surface area (Å²) in [7, 11) is 0. The maximum atomic E-state index is 13.5. The van der Waals surface area contributed by atoms with E-state index in [1.807, 2.05) is 41.2 Å². The lowest BCUT2D eigenvalue weighted by atomic mass is 9.78. The molecule has 4 aromatic rings. The summed E-state index contributed by atoms with van der Waals surface area (Å²) in [4.78, 5) is 17.0. The first-order valence-corrected chi connectivity index (χ1v) is 13.6. The minimum Gasteiger partial charge on any atom is -0.334 e. The second kappa shape index (κ2) is 10.8. The van der Waals surface area contributed by atoms with E-state index in [0.717, 1.165) is 42.5 Å². The number of rotatable bonds is 7. The van der Waals surface area contributed by atoms with Crippen LogP contribution in [0.15, 0.2) is 96.5 Å². The minimum atomic E-state index is -0.246. The van der Waals surface area contributed by atoms with Crippen LogP contribution in [0.2, 0.25) is 0 Å². The van der Waals surface area contributed by atoms with Crippen LogP contribution in [-0.4, -0.2) is 20.8 Å². The molecule has 0 fully saturated rings. The van der Waals surface area contributed by atoms with Crippen molar-refractivity contribution in [1.82, 2.24) is 25.4 Å². The third-order valence-electron chi connectivity index (χ3n) is 8.16. The van der Waals surface area contributed by atoms with Crippen molar-refractivity contribution in [2.45, 2.75) is 51.1 Å². The van der Waals surface area contributed by atoms with Crippen LogP contribution in [-0.2, 0) is 13.0 Å². The topological polar surface area (TPSA) is 71.8 Å². The van der Waals surface area contributed by atoms with Crippen molar-refractivity contribution in [3.8, 4) is 5.69 Å². The van der Waals surface area contributed by atoms with Crippen LogP contribution in [0.1, 0.15) is 60.5 Å². The molecule has 2 aromatic heterocycles. The van der Waals surface area contributed by atoms with E-state index in [-0.39, 0.29) is 23.8 Å². The molecule has 0 spiro atoms. The number of benzene rings is 2. The van der Waals surface area contributed by atoms with Crippen molar-refractivity contribution < 1.29 is 9.18 Å². The maximum absolute atomic E-state index is 13.5. The summed E-state index contributed by atoms with van der Waals surface area (Å²) >= 11 is 0. The molecular formula is C32H32FN5O. The van der Waals surface area contributed by atoms with Gasteiger partial charge in [-0.05, 0) is 72.7 Å². The Morgan fingerprint density at radius 1 is 1.08 bits per heavy atom. The highest BCUT2D eigenvalue weighted by Crippen LogP contribution is 2.49. The molecule has 0 saturated carbocycles. The molecule has 1 unspecified atom stereocenters. The fourth-order valence-electron chi connectivity index (χ4n) is 6.27. The number of allylic oxidation sites excluding steroid dienone is 2. The highest BCUT2D eigenvalue weighted by Gasteiger charge is 2.37. The van der Waals surface area contributed by atoms with Crippen molar-refractivity contribution >= 4 is 6.03 Å². The Labute approximate surface area is 228 Å². The van der Waals surface area contributed by atoms with Gasteiger partial charge in [0.2, 0.25) is 0 Å². The Bertz CT molecular complexity index is 1480. The highest BCUT2D eigenvalue weighted by atomic mass is 19.1. The summed E-state index contributed by atoms with van der Waals surface area (Å²) in [5.41, 5.74) is 8.42. The summed E-state index contributed by atoms with van der Waals surface area (Å²) < 4.78 is 15.5. The van der Waals surface area contributed by atoms with E-state index in [9.17, 15) is 9.18 Å². The third-order valence-corrected chi connectivity index (χ3v) is 8.16. The van der Waals surface area contributed by atoms with Gasteiger partial charge in [-0.25, -0.2) is 13.9 Å². The molecule has 0 aliphatic heterocycles. The van der Waals surface area contributed by atoms with E-state index in [2.05, 4.69) is 34.7 Å². The van der Waals surface area contributed by atoms with Gasteiger partial charge in [-0.1, -0.05) is 48.4 Å². The van der Waals surface area contributed by atoms with Crippen LogP contribution >= 0.6 is 0 Å². The van der Waals surface area contributed by atoms with Crippen molar-refractivity contribution in [1.29, 1.82) is 0 Å². The molecule has 2 amide bonds. The first kappa shape index (κ1) is 25.0. The zero-order valence-electron chi connectivity index (χ0n) is 22.0. The molecule has 0 bridgehead atoms. The van der Waals surface area contributed by atoms with Gasteiger partial charge in [-0.2, -0.15) is 5.10 Å². The van der Waals surface area contributed by atoms with Crippen LogP contribution in [0.5, 0.6) is 0 Å². The number of carbonyl (C=O) groups is 1. The van der Waals surface area contributed by atoms with Gasteiger partial charge in [0.25, 0.3) is 0 Å². The predicted octanol–water partition coefficient (Wildman–Crippen LogP) is 6.40. The molecule has 2 aliphatic carbocycles. The number of carbonyl (C=O) groups excluding carboxylic acids is 1. The molecule has 0 saturated heterocycles. The number of aromatic nitrogens is 3. The fourth-order valence-corrected chi connectivity index (χ4v) is 6.27. The van der Waals surface area contributed by atoms with E-state index in [1.54, 1.807) is 24.5 Å². The first-order valence-electron chi connectivity index (χ1n) is 13.6. The molecule has 198 valence electrons. The Morgan fingerprint density at radius 2 is 1.85 bits per heavy atom. The predicted molar refractivity (Wildman–Crippen MR) is 149 cm³/mol. The van der Waals surface area contributed by atoms with Crippen molar-refractivity contribution in [2.75, 3.05) is 0 Å². The molecule has 39 heavy (non-hydrogen) atoms. The van der Waals surface area contributed by atoms with Gasteiger partial charge in [0.05, 0.1) is 23.6 Å². The number of halogens is 1. The van der Waals surface area contributed by atoms with E-state index >= 15 is 0 Å². The summed E-state index contributed by atoms with van der Waals surface area (Å²) in [5, 5.41) is 10.9. The summed E-state index contributed by atoms with van der Waals surface area (Å²) in [6, 6.07) is 20.3. The molecule has 0 radical (unpaired) electrons. The zero-order valence-corrected chi connectivity index (χ0v) is 22.0. The zero-order chi connectivity index (χ0) is 26.8. The molecule has 2 heterocycles. The molecule has 6 rings (SSSR count). The largest absolute Gasteiger partial charge is 0.334 e. The summed E-state index contributed by atoms with van der Waals surface area (Å²) in [6.07, 6.45) is 9.26. The molecule has 2 N–H and O–H groups in total. The first-order chi connectivity index (χ1) is 19.1. The van der Waals surface area contributed by atoms with E-state index in [4.69, 9.17) is 5.10 Å². The number of fused-ring (bicyclic) bond motifs is 1. The van der Waals surface area contributed by atoms with Crippen LogP contribution in [0, 0.1) is 11.7 Å². The molecule has 7 heteroatoms. The van der Waals surface area contributed by atoms with E-state index < -0.39 is 0 Å².